The Kier molecular flexibility index (Phi) is 5.35. The molecule has 3 N–H and O–H groups in total. The molecule has 1 unspecified atom stereocenters. The molecule has 0 heterocycles. The molecule has 2 aromatic carbocycles. The van der Waals surface area contributed by atoms with Crippen LogP contribution in [0.2, 0.25) is 0 Å². The van der Waals surface area contributed by atoms with Crippen LogP contribution in [0.4, 0.5) is 0 Å². The summed E-state index contributed by atoms with van der Waals surface area (Å²) < 4.78 is 5.83. The highest BCUT2D eigenvalue weighted by molar-refractivity contribution is 5.35. The summed E-state index contributed by atoms with van der Waals surface area (Å²) in [5, 5.41) is 3.33. The molecule has 0 saturated heterocycles. The summed E-state index contributed by atoms with van der Waals surface area (Å²) in [7, 11) is 0. The van der Waals surface area contributed by atoms with Crippen LogP contribution in [0, 0.1) is 0 Å². The molecule has 0 aliphatic rings. The molecule has 1 atom stereocenters. The van der Waals surface area contributed by atoms with Gasteiger partial charge in [0, 0.05) is 19.1 Å². The Bertz CT molecular complexity index is 540. The van der Waals surface area contributed by atoms with E-state index in [4.69, 9.17) is 10.5 Å². The summed E-state index contributed by atoms with van der Waals surface area (Å²) >= 11 is 0. The van der Waals surface area contributed by atoms with Gasteiger partial charge in [-0.25, -0.2) is 0 Å². The third-order valence-electron chi connectivity index (χ3n) is 2.98. The summed E-state index contributed by atoms with van der Waals surface area (Å²) in [6, 6.07) is 17.8. The van der Waals surface area contributed by atoms with Crippen molar-refractivity contribution in [3.63, 3.8) is 0 Å². The molecule has 0 fully saturated rings. The molecule has 20 heavy (non-hydrogen) atoms. The predicted octanol–water partition coefficient (Wildman–Crippen LogP) is 3.25. The second-order valence-electron chi connectivity index (χ2n) is 4.47. The fourth-order valence-corrected chi connectivity index (χ4v) is 1.98. The molecule has 2 rings (SSSR count). The largest absolute Gasteiger partial charge is 0.457 e. The van der Waals surface area contributed by atoms with Gasteiger partial charge in [-0.05, 0) is 29.8 Å². The Labute approximate surface area is 120 Å². The molecule has 0 bridgehead atoms. The van der Waals surface area contributed by atoms with Gasteiger partial charge in [0.05, 0.1) is 0 Å². The van der Waals surface area contributed by atoms with Crippen molar-refractivity contribution in [2.75, 3.05) is 13.1 Å². The Morgan fingerprint density at radius 1 is 1.10 bits per heavy atom. The summed E-state index contributed by atoms with van der Waals surface area (Å²) in [5.41, 5.74) is 6.92. The Morgan fingerprint density at radius 2 is 1.85 bits per heavy atom. The second-order valence-corrected chi connectivity index (χ2v) is 4.47. The van der Waals surface area contributed by atoms with Crippen LogP contribution in [0.25, 0.3) is 0 Å². The standard InChI is InChI=1S/C17H20N2O/c1-2-11-19-17(13-18)14-7-6-10-16(12-14)20-15-8-4-3-5-9-15/h2-10,12,17,19H,1,11,13,18H2. The Hall–Kier alpha value is -2.10. The lowest BCUT2D eigenvalue weighted by Gasteiger charge is -2.17. The van der Waals surface area contributed by atoms with Crippen LogP contribution in [-0.2, 0) is 0 Å². The van der Waals surface area contributed by atoms with E-state index in [1.54, 1.807) is 0 Å². The third kappa shape index (κ3) is 3.95. The summed E-state index contributed by atoms with van der Waals surface area (Å²) in [6.45, 7) is 4.96. The first-order valence-corrected chi connectivity index (χ1v) is 6.70. The zero-order valence-electron chi connectivity index (χ0n) is 11.5. The van der Waals surface area contributed by atoms with Crippen LogP contribution in [0.5, 0.6) is 11.5 Å². The summed E-state index contributed by atoms with van der Waals surface area (Å²) in [6.07, 6.45) is 1.83. The van der Waals surface area contributed by atoms with Gasteiger partial charge in [0.15, 0.2) is 0 Å². The zero-order chi connectivity index (χ0) is 14.2. The molecule has 0 radical (unpaired) electrons. The molecule has 0 amide bonds. The molecule has 0 aromatic heterocycles. The molecule has 0 saturated carbocycles. The highest BCUT2D eigenvalue weighted by Gasteiger charge is 2.09. The fraction of sp³-hybridized carbons (Fsp3) is 0.176. The van der Waals surface area contributed by atoms with Gasteiger partial charge in [-0.3, -0.25) is 0 Å². The van der Waals surface area contributed by atoms with Crippen molar-refractivity contribution < 1.29 is 4.74 Å². The van der Waals surface area contributed by atoms with Gasteiger partial charge in [-0.2, -0.15) is 0 Å². The minimum Gasteiger partial charge on any atom is -0.457 e. The van der Waals surface area contributed by atoms with E-state index in [0.29, 0.717) is 6.54 Å². The van der Waals surface area contributed by atoms with Crippen LogP contribution in [0.1, 0.15) is 11.6 Å². The average molecular weight is 268 g/mol. The van der Waals surface area contributed by atoms with Gasteiger partial charge in [0.1, 0.15) is 11.5 Å². The first-order chi connectivity index (χ1) is 9.83. The first kappa shape index (κ1) is 14.3. The van der Waals surface area contributed by atoms with E-state index in [2.05, 4.69) is 11.9 Å². The maximum Gasteiger partial charge on any atom is 0.127 e. The number of para-hydroxylation sites is 1. The summed E-state index contributed by atoms with van der Waals surface area (Å²) in [4.78, 5) is 0. The summed E-state index contributed by atoms with van der Waals surface area (Å²) in [5.74, 6) is 1.64. The van der Waals surface area contributed by atoms with Gasteiger partial charge in [-0.1, -0.05) is 36.4 Å². The van der Waals surface area contributed by atoms with Crippen molar-refractivity contribution in [2.45, 2.75) is 6.04 Å². The topological polar surface area (TPSA) is 47.3 Å². The average Bonchev–Trinajstić information content (AvgIpc) is 2.49. The molecular formula is C17H20N2O. The number of benzene rings is 2. The van der Waals surface area contributed by atoms with Crippen LogP contribution < -0.4 is 15.8 Å². The fourth-order valence-electron chi connectivity index (χ4n) is 1.98. The number of rotatable bonds is 7. The molecule has 104 valence electrons. The Morgan fingerprint density at radius 3 is 2.55 bits per heavy atom. The predicted molar refractivity (Wildman–Crippen MR) is 83.0 cm³/mol. The third-order valence-corrected chi connectivity index (χ3v) is 2.98. The number of nitrogens with one attached hydrogen (secondary N) is 1. The van der Waals surface area contributed by atoms with Crippen molar-refractivity contribution in [2.24, 2.45) is 5.73 Å². The van der Waals surface area contributed by atoms with E-state index in [0.717, 1.165) is 23.6 Å². The minimum atomic E-state index is 0.104. The molecule has 3 heteroatoms. The van der Waals surface area contributed by atoms with Crippen LogP contribution in [0.3, 0.4) is 0 Å². The molecule has 3 nitrogen and oxygen atoms in total. The van der Waals surface area contributed by atoms with Crippen molar-refractivity contribution >= 4 is 0 Å². The molecule has 0 spiro atoms. The van der Waals surface area contributed by atoms with E-state index in [-0.39, 0.29) is 6.04 Å². The smallest absolute Gasteiger partial charge is 0.127 e. The van der Waals surface area contributed by atoms with Crippen molar-refractivity contribution in [3.05, 3.63) is 72.8 Å². The second kappa shape index (κ2) is 7.48. The van der Waals surface area contributed by atoms with Crippen molar-refractivity contribution in [3.8, 4) is 11.5 Å². The maximum atomic E-state index is 5.83. The maximum absolute atomic E-state index is 5.83. The van der Waals surface area contributed by atoms with Gasteiger partial charge in [0.25, 0.3) is 0 Å². The van der Waals surface area contributed by atoms with Crippen LogP contribution >= 0.6 is 0 Å². The van der Waals surface area contributed by atoms with Gasteiger partial charge in [0.2, 0.25) is 0 Å². The molecular weight excluding hydrogens is 248 g/mol. The molecule has 2 aromatic rings. The highest BCUT2D eigenvalue weighted by Crippen LogP contribution is 2.24. The lowest BCUT2D eigenvalue weighted by Crippen LogP contribution is -2.28. The van der Waals surface area contributed by atoms with Gasteiger partial charge >= 0.3 is 0 Å². The lowest BCUT2D eigenvalue weighted by molar-refractivity contribution is 0.479. The first-order valence-electron chi connectivity index (χ1n) is 6.70. The van der Waals surface area contributed by atoms with Gasteiger partial charge in [-0.15, -0.1) is 6.58 Å². The number of hydrogen-bond donors (Lipinski definition) is 2. The lowest BCUT2D eigenvalue weighted by atomic mass is 10.1. The molecule has 0 aliphatic heterocycles. The normalized spacial score (nSPS) is 11.8. The van der Waals surface area contributed by atoms with E-state index >= 15 is 0 Å². The highest BCUT2D eigenvalue weighted by atomic mass is 16.5. The monoisotopic (exact) mass is 268 g/mol. The molecule has 0 aliphatic carbocycles. The van der Waals surface area contributed by atoms with Gasteiger partial charge < -0.3 is 15.8 Å². The van der Waals surface area contributed by atoms with E-state index in [1.807, 2.05) is 60.7 Å². The minimum absolute atomic E-state index is 0.104. The quantitative estimate of drug-likeness (QED) is 0.758. The number of ether oxygens (including phenoxy) is 1. The number of hydrogen-bond acceptors (Lipinski definition) is 3. The van der Waals surface area contributed by atoms with E-state index < -0.39 is 0 Å². The van der Waals surface area contributed by atoms with Crippen molar-refractivity contribution in [1.29, 1.82) is 0 Å². The van der Waals surface area contributed by atoms with E-state index in [1.165, 1.54) is 0 Å². The van der Waals surface area contributed by atoms with E-state index in [9.17, 15) is 0 Å². The SMILES string of the molecule is C=CCNC(CN)c1cccc(Oc2ccccc2)c1. The van der Waals surface area contributed by atoms with Crippen molar-refractivity contribution in [1.82, 2.24) is 5.32 Å². The van der Waals surface area contributed by atoms with Crippen LogP contribution in [0.15, 0.2) is 67.3 Å². The number of nitrogens with two attached hydrogens (primary N) is 1. The zero-order valence-corrected chi connectivity index (χ0v) is 11.5. The Balaban J connectivity index is 2.12. The van der Waals surface area contributed by atoms with Crippen LogP contribution in [-0.4, -0.2) is 13.1 Å².